The van der Waals surface area contributed by atoms with Gasteiger partial charge in [-0.05, 0) is 42.9 Å². The number of methoxy groups -OCH3 is 1. The molecule has 0 aromatic rings. The molecular formula is C40H67N7O13. The lowest BCUT2D eigenvalue weighted by Gasteiger charge is -2.27. The van der Waals surface area contributed by atoms with Gasteiger partial charge in [0.25, 0.3) is 0 Å². The van der Waals surface area contributed by atoms with E-state index in [2.05, 4.69) is 37.2 Å². The van der Waals surface area contributed by atoms with Crippen LogP contribution in [0.3, 0.4) is 0 Å². The average Bonchev–Trinajstić information content (AvgIpc) is 3.18. The van der Waals surface area contributed by atoms with Crippen LogP contribution in [0, 0.1) is 23.7 Å². The predicted molar refractivity (Wildman–Crippen MR) is 218 cm³/mol. The van der Waals surface area contributed by atoms with Gasteiger partial charge in [-0.15, -0.1) is 0 Å². The summed E-state index contributed by atoms with van der Waals surface area (Å²) in [7, 11) is 1.40. The molecule has 7 N–H and O–H groups in total. The Morgan fingerprint density at radius 2 is 0.750 bits per heavy atom. The van der Waals surface area contributed by atoms with Gasteiger partial charge in [0.2, 0.25) is 41.4 Å². The first-order chi connectivity index (χ1) is 29.7. The fourth-order valence-electron chi connectivity index (χ4n) is 5.04. The molecule has 7 amide bonds. The summed E-state index contributed by atoms with van der Waals surface area (Å²) in [6.07, 6.45) is -7.38. The molecule has 0 bridgehead atoms. The largest absolute Gasteiger partial charge is 0.382 e. The summed E-state index contributed by atoms with van der Waals surface area (Å²) in [5.74, 6) is -8.44. The van der Waals surface area contributed by atoms with Crippen LogP contribution >= 0.6 is 0 Å². The van der Waals surface area contributed by atoms with Crippen molar-refractivity contribution < 1.29 is 67.7 Å². The lowest BCUT2D eigenvalue weighted by Crippen LogP contribution is -2.58. The number of amides is 7. The van der Waals surface area contributed by atoms with E-state index in [0.29, 0.717) is 0 Å². The fraction of sp³-hybridized carbons (Fsp3) is 0.725. The Kier molecular flexibility index (Phi) is 23.8. The lowest BCUT2D eigenvalue weighted by atomic mass is 10.0. The molecule has 7 atom stereocenters. The molecular weight excluding hydrogens is 786 g/mol. The van der Waals surface area contributed by atoms with Crippen molar-refractivity contribution in [1.29, 1.82) is 0 Å². The molecule has 340 valence electrons. The molecule has 0 spiro atoms. The molecule has 20 heteroatoms. The van der Waals surface area contributed by atoms with Crippen LogP contribution in [0.1, 0.15) is 99.4 Å². The summed E-state index contributed by atoms with van der Waals surface area (Å²) in [4.78, 5) is 141. The third kappa shape index (κ3) is 22.3. The molecule has 0 aliphatic carbocycles. The summed E-state index contributed by atoms with van der Waals surface area (Å²) in [5.41, 5.74) is 0. The number of aldehydes is 4. The van der Waals surface area contributed by atoms with Crippen molar-refractivity contribution in [3.63, 3.8) is 0 Å². The van der Waals surface area contributed by atoms with E-state index in [1.807, 2.05) is 0 Å². The SMILES string of the molecule is [2H]C(=O)C(NC(=O)CCC(NC(=O)COCCOC)C(=O)NC(CCC(=O)NC(C([2H])=O)C(C)C)C(=O)NC(CCC(=O)NC(C([2H])=O)C(C)C)C(=O)NC(C([2H])=O)C(C)C)C(C)C. The Labute approximate surface area is 357 Å². The zero-order valence-electron chi connectivity index (χ0n) is 40.0. The second-order valence-corrected chi connectivity index (χ2v) is 15.5. The van der Waals surface area contributed by atoms with E-state index in [4.69, 9.17) is 15.0 Å². The minimum atomic E-state index is -1.73. The Morgan fingerprint density at radius 1 is 0.450 bits per heavy atom. The van der Waals surface area contributed by atoms with E-state index < -0.39 is 177 Å². The molecule has 0 aliphatic rings. The highest BCUT2D eigenvalue weighted by Crippen LogP contribution is 2.10. The van der Waals surface area contributed by atoms with Crippen LogP contribution in [0.5, 0.6) is 0 Å². The van der Waals surface area contributed by atoms with E-state index in [1.54, 1.807) is 55.4 Å². The van der Waals surface area contributed by atoms with Gasteiger partial charge in [-0.2, -0.15) is 0 Å². The van der Waals surface area contributed by atoms with Gasteiger partial charge < -0.3 is 65.9 Å². The van der Waals surface area contributed by atoms with E-state index in [9.17, 15) is 52.7 Å². The standard InChI is InChI=1S/C40H67N7O13/c1-23(2)30(18-48)42-34(52)13-10-27(41-37(55)22-60-17-16-59-9)38(56)45-28(11-14-35(53)43-31(19-49)24(3)4)39(57)46-29(40(58)47-33(21-51)26(7)8)12-15-36(54)44-32(20-50)25(5)6/h18-21,23-33H,10-17,22H2,1-9H3,(H,41,55)(H,42,52)(H,43,53)(H,44,54)(H,45,56)(H,46,57)(H,47,58)/i18D,19D,20D,21D. The van der Waals surface area contributed by atoms with Gasteiger partial charge in [0, 0.05) is 26.4 Å². The zero-order valence-corrected chi connectivity index (χ0v) is 36.0. The lowest BCUT2D eigenvalue weighted by molar-refractivity contribution is -0.136. The maximum Gasteiger partial charge on any atom is 0.246 e. The molecule has 0 rings (SSSR count). The summed E-state index contributed by atoms with van der Waals surface area (Å²) in [5, 5.41) is 16.8. The van der Waals surface area contributed by atoms with Crippen LogP contribution in [-0.4, -0.2) is 136 Å². The maximum absolute atomic E-state index is 14.1. The highest BCUT2D eigenvalue weighted by molar-refractivity contribution is 5.95. The first-order valence-corrected chi connectivity index (χ1v) is 19.9. The van der Waals surface area contributed by atoms with Crippen molar-refractivity contribution >= 4 is 66.4 Å². The van der Waals surface area contributed by atoms with Gasteiger partial charge in [-0.3, -0.25) is 33.6 Å². The van der Waals surface area contributed by atoms with Crippen LogP contribution < -0.4 is 37.2 Å². The first kappa shape index (κ1) is 47.6. The molecule has 60 heavy (non-hydrogen) atoms. The number of ether oxygens (including phenoxy) is 2. The summed E-state index contributed by atoms with van der Waals surface area (Å²) in [6.45, 7) is 12.2. The third-order valence-corrected chi connectivity index (χ3v) is 8.98. The Balaban J connectivity index is 6.95. The van der Waals surface area contributed by atoms with E-state index in [1.165, 1.54) is 7.11 Å². The molecule has 0 heterocycles. The summed E-state index contributed by atoms with van der Waals surface area (Å²) < 4.78 is 40.2. The van der Waals surface area contributed by atoms with Gasteiger partial charge in [-0.25, -0.2) is 0 Å². The highest BCUT2D eigenvalue weighted by Gasteiger charge is 2.32. The molecule has 0 saturated heterocycles. The quantitative estimate of drug-likeness (QED) is 0.0310. The van der Waals surface area contributed by atoms with Gasteiger partial charge >= 0.3 is 0 Å². The van der Waals surface area contributed by atoms with Crippen molar-refractivity contribution in [2.75, 3.05) is 26.9 Å². The van der Waals surface area contributed by atoms with Crippen molar-refractivity contribution in [1.82, 2.24) is 37.2 Å². The number of rotatable bonds is 32. The molecule has 0 radical (unpaired) electrons. The molecule has 0 saturated carbocycles. The number of carbonyl (C=O) groups is 11. The molecule has 7 unspecified atom stereocenters. The van der Waals surface area contributed by atoms with E-state index >= 15 is 0 Å². The Morgan fingerprint density at radius 3 is 1.05 bits per heavy atom. The summed E-state index contributed by atoms with van der Waals surface area (Å²) in [6, 6.07) is -9.90. The fourth-order valence-corrected chi connectivity index (χ4v) is 5.04. The Hall–Kier alpha value is -5.11. The van der Waals surface area contributed by atoms with Gasteiger partial charge in [0.1, 0.15) is 55.3 Å². The summed E-state index contributed by atoms with van der Waals surface area (Å²) >= 11 is 0. The van der Waals surface area contributed by atoms with Crippen molar-refractivity contribution in [2.45, 2.75) is 136 Å². The number of nitrogens with one attached hydrogen (secondary N) is 7. The van der Waals surface area contributed by atoms with Gasteiger partial charge in [0.05, 0.1) is 37.4 Å². The van der Waals surface area contributed by atoms with E-state index in [-0.39, 0.29) is 13.2 Å². The predicted octanol–water partition coefficient (Wildman–Crippen LogP) is -1.20. The second kappa shape index (κ2) is 30.0. The van der Waals surface area contributed by atoms with Crippen molar-refractivity contribution in [2.24, 2.45) is 23.7 Å². The first-order valence-electron chi connectivity index (χ1n) is 21.9. The number of carbonyl (C=O) groups excluding carboxylic acids is 11. The average molecular weight is 858 g/mol. The molecule has 0 aromatic heterocycles. The highest BCUT2D eigenvalue weighted by atomic mass is 16.5. The minimum absolute atomic E-state index is 0.000343. The van der Waals surface area contributed by atoms with Crippen LogP contribution in [0.25, 0.3) is 0 Å². The Bertz CT molecular complexity index is 1650. The maximum atomic E-state index is 14.1. The van der Waals surface area contributed by atoms with E-state index in [0.717, 1.165) is 0 Å². The molecule has 0 aromatic carbocycles. The van der Waals surface area contributed by atoms with Gasteiger partial charge in [0.15, 0.2) is 0 Å². The van der Waals surface area contributed by atoms with Crippen molar-refractivity contribution in [3.8, 4) is 0 Å². The van der Waals surface area contributed by atoms with Gasteiger partial charge in [-0.1, -0.05) is 55.4 Å². The monoisotopic (exact) mass is 858 g/mol. The van der Waals surface area contributed by atoms with Crippen LogP contribution in [0.4, 0.5) is 0 Å². The van der Waals surface area contributed by atoms with Crippen LogP contribution in [0.15, 0.2) is 0 Å². The van der Waals surface area contributed by atoms with Crippen molar-refractivity contribution in [3.05, 3.63) is 0 Å². The second-order valence-electron chi connectivity index (χ2n) is 15.5. The van der Waals surface area contributed by atoms with Crippen LogP contribution in [0.2, 0.25) is 0 Å². The molecule has 20 nitrogen and oxygen atoms in total. The van der Waals surface area contributed by atoms with Crippen LogP contribution in [-0.2, 0) is 62.2 Å². The third-order valence-electron chi connectivity index (χ3n) is 8.98. The molecule has 0 aliphatic heterocycles. The normalized spacial score (nSPS) is 15.6. The topological polar surface area (TPSA) is 290 Å². The smallest absolute Gasteiger partial charge is 0.246 e. The molecule has 0 fully saturated rings. The number of hydrogen-bond donors (Lipinski definition) is 7. The zero-order chi connectivity index (χ0) is 49.4. The minimum Gasteiger partial charge on any atom is -0.382 e. The number of hydrogen-bond acceptors (Lipinski definition) is 13.